The Hall–Kier alpha value is -1.06. The molecule has 1 aromatic carbocycles. The van der Waals surface area contributed by atoms with E-state index < -0.39 is 5.41 Å². The van der Waals surface area contributed by atoms with Gasteiger partial charge in [-0.1, -0.05) is 25.1 Å². The minimum absolute atomic E-state index is 0.0158. The number of rotatable bonds is 6. The molecule has 0 amide bonds. The number of benzene rings is 1. The maximum atomic E-state index is 9.40. The predicted molar refractivity (Wildman–Crippen MR) is 63.6 cm³/mol. The Morgan fingerprint density at radius 3 is 2.31 bits per heavy atom. The topological polar surface area (TPSA) is 49.7 Å². The zero-order valence-corrected chi connectivity index (χ0v) is 9.94. The molecule has 3 heteroatoms. The molecule has 0 saturated heterocycles. The molecule has 16 heavy (non-hydrogen) atoms. The van der Waals surface area contributed by atoms with Crippen molar-refractivity contribution >= 4 is 0 Å². The van der Waals surface area contributed by atoms with Gasteiger partial charge in [-0.05, 0) is 24.5 Å². The molecule has 0 heterocycles. The Kier molecular flexibility index (Phi) is 4.77. The monoisotopic (exact) mass is 224 g/mol. The van der Waals surface area contributed by atoms with Crippen LogP contribution >= 0.6 is 0 Å². The molecule has 0 aliphatic heterocycles. The van der Waals surface area contributed by atoms with E-state index in [9.17, 15) is 10.2 Å². The molecular weight excluding hydrogens is 204 g/mol. The van der Waals surface area contributed by atoms with E-state index in [1.165, 1.54) is 0 Å². The van der Waals surface area contributed by atoms with Gasteiger partial charge < -0.3 is 14.9 Å². The molecule has 0 aromatic heterocycles. The second-order valence-corrected chi connectivity index (χ2v) is 4.16. The average molecular weight is 224 g/mol. The van der Waals surface area contributed by atoms with E-state index in [2.05, 4.69) is 0 Å². The fraction of sp³-hybridized carbons (Fsp3) is 0.538. The molecule has 0 atom stereocenters. The van der Waals surface area contributed by atoms with Crippen LogP contribution in [-0.2, 0) is 6.42 Å². The van der Waals surface area contributed by atoms with Crippen LogP contribution < -0.4 is 4.74 Å². The molecule has 0 radical (unpaired) electrons. The summed E-state index contributed by atoms with van der Waals surface area (Å²) in [5.41, 5.74) is 0.573. The standard InChI is InChI=1S/C13H20O3/c1-3-13(9-14,10-15)8-11-6-4-5-7-12(11)16-2/h4-7,14-15H,3,8-10H2,1-2H3. The van der Waals surface area contributed by atoms with Crippen molar-refractivity contribution in [3.8, 4) is 5.75 Å². The lowest BCUT2D eigenvalue weighted by Gasteiger charge is -2.29. The molecule has 0 unspecified atom stereocenters. The van der Waals surface area contributed by atoms with Crippen molar-refractivity contribution < 1.29 is 14.9 Å². The molecule has 0 fully saturated rings. The molecule has 3 nitrogen and oxygen atoms in total. The van der Waals surface area contributed by atoms with Crippen molar-refractivity contribution in [2.24, 2.45) is 5.41 Å². The lowest BCUT2D eigenvalue weighted by Crippen LogP contribution is -2.31. The van der Waals surface area contributed by atoms with Gasteiger partial charge >= 0.3 is 0 Å². The van der Waals surface area contributed by atoms with Crippen molar-refractivity contribution in [3.63, 3.8) is 0 Å². The molecule has 90 valence electrons. The van der Waals surface area contributed by atoms with Crippen LogP contribution in [0.4, 0.5) is 0 Å². The van der Waals surface area contributed by atoms with Crippen molar-refractivity contribution in [2.45, 2.75) is 19.8 Å². The van der Waals surface area contributed by atoms with Gasteiger partial charge in [0.2, 0.25) is 0 Å². The number of hydrogen-bond acceptors (Lipinski definition) is 3. The fourth-order valence-corrected chi connectivity index (χ4v) is 1.76. The Bertz CT molecular complexity index is 310. The highest BCUT2D eigenvalue weighted by molar-refractivity contribution is 5.34. The third kappa shape index (κ3) is 2.74. The van der Waals surface area contributed by atoms with E-state index in [0.717, 1.165) is 17.7 Å². The summed E-state index contributed by atoms with van der Waals surface area (Å²) in [6.45, 7) is 1.94. The highest BCUT2D eigenvalue weighted by Gasteiger charge is 2.28. The van der Waals surface area contributed by atoms with E-state index in [1.807, 2.05) is 31.2 Å². The fourth-order valence-electron chi connectivity index (χ4n) is 1.76. The Morgan fingerprint density at radius 2 is 1.81 bits per heavy atom. The van der Waals surface area contributed by atoms with E-state index in [-0.39, 0.29) is 13.2 Å². The summed E-state index contributed by atoms with van der Waals surface area (Å²) in [5.74, 6) is 0.808. The summed E-state index contributed by atoms with van der Waals surface area (Å²) < 4.78 is 5.26. The summed E-state index contributed by atoms with van der Waals surface area (Å²) >= 11 is 0. The van der Waals surface area contributed by atoms with E-state index in [1.54, 1.807) is 7.11 Å². The van der Waals surface area contributed by atoms with Crippen molar-refractivity contribution in [3.05, 3.63) is 29.8 Å². The van der Waals surface area contributed by atoms with Crippen LogP contribution in [0.1, 0.15) is 18.9 Å². The van der Waals surface area contributed by atoms with Crippen molar-refractivity contribution in [2.75, 3.05) is 20.3 Å². The Morgan fingerprint density at radius 1 is 1.19 bits per heavy atom. The highest BCUT2D eigenvalue weighted by atomic mass is 16.5. The first-order valence-electron chi connectivity index (χ1n) is 5.55. The largest absolute Gasteiger partial charge is 0.496 e. The molecule has 2 N–H and O–H groups in total. The normalized spacial score (nSPS) is 11.5. The second-order valence-electron chi connectivity index (χ2n) is 4.16. The summed E-state index contributed by atoms with van der Waals surface area (Å²) in [5, 5.41) is 18.8. The number of ether oxygens (including phenoxy) is 1. The van der Waals surface area contributed by atoms with Gasteiger partial charge in [0.1, 0.15) is 5.75 Å². The maximum Gasteiger partial charge on any atom is 0.122 e. The quantitative estimate of drug-likeness (QED) is 0.772. The third-order valence-corrected chi connectivity index (χ3v) is 3.18. The smallest absolute Gasteiger partial charge is 0.122 e. The van der Waals surface area contributed by atoms with Crippen molar-refractivity contribution in [1.82, 2.24) is 0 Å². The SMILES string of the molecule is CCC(CO)(CO)Cc1ccccc1OC. The summed E-state index contributed by atoms with van der Waals surface area (Å²) in [4.78, 5) is 0. The van der Waals surface area contributed by atoms with E-state index in [0.29, 0.717) is 6.42 Å². The van der Waals surface area contributed by atoms with Crippen LogP contribution in [0.3, 0.4) is 0 Å². The molecule has 1 aromatic rings. The number of para-hydroxylation sites is 1. The van der Waals surface area contributed by atoms with Gasteiger partial charge in [0.05, 0.1) is 20.3 Å². The van der Waals surface area contributed by atoms with Gasteiger partial charge in [-0.2, -0.15) is 0 Å². The Labute approximate surface area is 96.7 Å². The number of hydrogen-bond donors (Lipinski definition) is 2. The van der Waals surface area contributed by atoms with Gasteiger partial charge in [-0.15, -0.1) is 0 Å². The summed E-state index contributed by atoms with van der Waals surface area (Å²) in [6.07, 6.45) is 1.36. The summed E-state index contributed by atoms with van der Waals surface area (Å²) in [6, 6.07) is 7.71. The van der Waals surface area contributed by atoms with Crippen LogP contribution in [0, 0.1) is 5.41 Å². The molecule has 0 saturated carbocycles. The predicted octanol–water partition coefficient (Wildman–Crippen LogP) is 1.62. The zero-order chi connectivity index (χ0) is 12.0. The minimum Gasteiger partial charge on any atom is -0.496 e. The number of aliphatic hydroxyl groups is 2. The molecule has 1 rings (SSSR count). The zero-order valence-electron chi connectivity index (χ0n) is 9.94. The van der Waals surface area contributed by atoms with Gasteiger partial charge in [0.25, 0.3) is 0 Å². The molecule has 0 aliphatic rings. The van der Waals surface area contributed by atoms with Crippen LogP contribution in [0.2, 0.25) is 0 Å². The minimum atomic E-state index is -0.450. The van der Waals surface area contributed by atoms with E-state index >= 15 is 0 Å². The molecule has 0 spiro atoms. The molecule has 0 aliphatic carbocycles. The van der Waals surface area contributed by atoms with Crippen LogP contribution in [-0.4, -0.2) is 30.5 Å². The van der Waals surface area contributed by atoms with Crippen LogP contribution in [0.5, 0.6) is 5.75 Å². The number of methoxy groups -OCH3 is 1. The van der Waals surface area contributed by atoms with Gasteiger partial charge in [-0.25, -0.2) is 0 Å². The Balaban J connectivity index is 2.93. The van der Waals surface area contributed by atoms with Gasteiger partial charge in [-0.3, -0.25) is 0 Å². The van der Waals surface area contributed by atoms with Crippen molar-refractivity contribution in [1.29, 1.82) is 0 Å². The third-order valence-electron chi connectivity index (χ3n) is 3.18. The van der Waals surface area contributed by atoms with Crippen LogP contribution in [0.15, 0.2) is 24.3 Å². The van der Waals surface area contributed by atoms with Gasteiger partial charge in [0, 0.05) is 5.41 Å². The highest BCUT2D eigenvalue weighted by Crippen LogP contribution is 2.30. The summed E-state index contributed by atoms with van der Waals surface area (Å²) in [7, 11) is 1.63. The average Bonchev–Trinajstić information content (AvgIpc) is 2.36. The number of aliphatic hydroxyl groups excluding tert-OH is 2. The lowest BCUT2D eigenvalue weighted by atomic mass is 9.80. The van der Waals surface area contributed by atoms with E-state index in [4.69, 9.17) is 4.74 Å². The molecule has 0 bridgehead atoms. The lowest BCUT2D eigenvalue weighted by molar-refractivity contribution is 0.0509. The molecular formula is C13H20O3. The van der Waals surface area contributed by atoms with Crippen LogP contribution in [0.25, 0.3) is 0 Å². The van der Waals surface area contributed by atoms with Gasteiger partial charge in [0.15, 0.2) is 0 Å². The first-order valence-corrected chi connectivity index (χ1v) is 5.55. The second kappa shape index (κ2) is 5.87. The first-order chi connectivity index (χ1) is 7.71. The first kappa shape index (κ1) is 13.0. The maximum absolute atomic E-state index is 9.40.